The molecule has 0 aliphatic carbocycles. The highest BCUT2D eigenvalue weighted by molar-refractivity contribution is 5.64. The zero-order chi connectivity index (χ0) is 19.9. The fourth-order valence-electron chi connectivity index (χ4n) is 3.05. The molecule has 2 aromatic carbocycles. The molecule has 5 nitrogen and oxygen atoms in total. The molecule has 0 unspecified atom stereocenters. The summed E-state index contributed by atoms with van der Waals surface area (Å²) in [5.74, 6) is 1.38. The summed E-state index contributed by atoms with van der Waals surface area (Å²) < 4.78 is 0. The summed E-state index contributed by atoms with van der Waals surface area (Å²) in [5.41, 5.74) is 5.57. The van der Waals surface area contributed by atoms with Crippen LogP contribution in [0.2, 0.25) is 0 Å². The third kappa shape index (κ3) is 4.96. The van der Waals surface area contributed by atoms with Crippen LogP contribution in [-0.2, 0) is 13.1 Å². The number of hydrogen-bond donors (Lipinski definition) is 2. The van der Waals surface area contributed by atoms with Crippen molar-refractivity contribution in [2.45, 2.75) is 20.0 Å². The summed E-state index contributed by atoms with van der Waals surface area (Å²) in [5, 5.41) is 6.78. The van der Waals surface area contributed by atoms with E-state index in [2.05, 4.69) is 63.9 Å². The highest BCUT2D eigenvalue weighted by Crippen LogP contribution is 2.22. The summed E-state index contributed by atoms with van der Waals surface area (Å²) in [6.45, 7) is 3.47. The topological polar surface area (TPSA) is 62.7 Å². The van der Waals surface area contributed by atoms with E-state index in [1.54, 1.807) is 12.4 Å². The molecule has 2 aromatic heterocycles. The predicted octanol–water partition coefficient (Wildman–Crippen LogP) is 5.07. The van der Waals surface area contributed by atoms with Crippen LogP contribution < -0.4 is 10.6 Å². The molecule has 0 fully saturated rings. The molecule has 0 spiro atoms. The number of nitrogens with zero attached hydrogens (tertiary/aromatic N) is 3. The number of pyridine rings is 1. The zero-order valence-electron chi connectivity index (χ0n) is 16.3. The van der Waals surface area contributed by atoms with Gasteiger partial charge in [-0.1, -0.05) is 54.6 Å². The van der Waals surface area contributed by atoms with Gasteiger partial charge in [-0.2, -0.15) is 4.98 Å². The number of aromatic nitrogens is 3. The van der Waals surface area contributed by atoms with E-state index >= 15 is 0 Å². The van der Waals surface area contributed by atoms with Gasteiger partial charge in [-0.3, -0.25) is 4.98 Å². The Labute approximate surface area is 170 Å². The first-order valence-electron chi connectivity index (χ1n) is 9.63. The first kappa shape index (κ1) is 18.6. The van der Waals surface area contributed by atoms with E-state index in [-0.39, 0.29) is 0 Å². The van der Waals surface area contributed by atoms with Crippen molar-refractivity contribution in [1.82, 2.24) is 15.0 Å². The summed E-state index contributed by atoms with van der Waals surface area (Å²) in [6, 6.07) is 24.5. The van der Waals surface area contributed by atoms with Gasteiger partial charge >= 0.3 is 0 Å². The molecule has 0 atom stereocenters. The van der Waals surface area contributed by atoms with Gasteiger partial charge in [0, 0.05) is 37.1 Å². The number of rotatable bonds is 7. The van der Waals surface area contributed by atoms with Crippen LogP contribution in [0.1, 0.15) is 16.7 Å². The second-order valence-corrected chi connectivity index (χ2v) is 6.82. The Morgan fingerprint density at radius 1 is 0.759 bits per heavy atom. The minimum absolute atomic E-state index is 0.593. The van der Waals surface area contributed by atoms with Gasteiger partial charge in [0.05, 0.1) is 5.69 Å². The lowest BCUT2D eigenvalue weighted by Crippen LogP contribution is -2.08. The normalized spacial score (nSPS) is 10.5. The molecule has 0 bridgehead atoms. The highest BCUT2D eigenvalue weighted by atomic mass is 15.1. The van der Waals surface area contributed by atoms with Crippen molar-refractivity contribution in [2.75, 3.05) is 10.6 Å². The molecular weight excluding hydrogens is 358 g/mol. The van der Waals surface area contributed by atoms with Gasteiger partial charge in [0.15, 0.2) is 0 Å². The van der Waals surface area contributed by atoms with Crippen LogP contribution >= 0.6 is 0 Å². The highest BCUT2D eigenvalue weighted by Gasteiger charge is 2.07. The maximum atomic E-state index is 4.71. The average Bonchev–Trinajstić information content (AvgIpc) is 2.78. The lowest BCUT2D eigenvalue weighted by Gasteiger charge is -2.12. The summed E-state index contributed by atoms with van der Waals surface area (Å²) in [7, 11) is 0. The summed E-state index contributed by atoms with van der Waals surface area (Å²) in [6.07, 6.45) is 3.57. The minimum Gasteiger partial charge on any atom is -0.366 e. The second kappa shape index (κ2) is 8.97. The molecule has 5 heteroatoms. The third-order valence-corrected chi connectivity index (χ3v) is 4.72. The van der Waals surface area contributed by atoms with Crippen molar-refractivity contribution < 1.29 is 0 Å². The van der Waals surface area contributed by atoms with Crippen molar-refractivity contribution in [1.29, 1.82) is 0 Å². The number of aryl methyl sites for hydroxylation is 1. The second-order valence-electron chi connectivity index (χ2n) is 6.82. The maximum Gasteiger partial charge on any atom is 0.225 e. The van der Waals surface area contributed by atoms with E-state index in [4.69, 9.17) is 4.98 Å². The Bertz CT molecular complexity index is 1060. The Hall–Kier alpha value is -3.73. The summed E-state index contributed by atoms with van der Waals surface area (Å²) in [4.78, 5) is 13.4. The van der Waals surface area contributed by atoms with Gasteiger partial charge in [0.2, 0.25) is 5.95 Å². The van der Waals surface area contributed by atoms with Gasteiger partial charge < -0.3 is 10.6 Å². The monoisotopic (exact) mass is 381 g/mol. The number of anilines is 2. The van der Waals surface area contributed by atoms with Crippen LogP contribution in [0, 0.1) is 6.92 Å². The van der Waals surface area contributed by atoms with Crippen LogP contribution in [0.15, 0.2) is 85.2 Å². The number of benzene rings is 2. The fraction of sp³-hybridized carbons (Fsp3) is 0.125. The third-order valence-electron chi connectivity index (χ3n) is 4.72. The fourth-order valence-corrected chi connectivity index (χ4v) is 3.05. The summed E-state index contributed by atoms with van der Waals surface area (Å²) >= 11 is 0. The number of hydrogen-bond acceptors (Lipinski definition) is 5. The molecule has 0 amide bonds. The molecule has 0 saturated carbocycles. The van der Waals surface area contributed by atoms with E-state index in [0.29, 0.717) is 19.0 Å². The minimum atomic E-state index is 0.593. The van der Waals surface area contributed by atoms with Gasteiger partial charge in [-0.15, -0.1) is 0 Å². The maximum absolute atomic E-state index is 4.71. The van der Waals surface area contributed by atoms with Crippen molar-refractivity contribution in [3.8, 4) is 11.3 Å². The van der Waals surface area contributed by atoms with Crippen molar-refractivity contribution in [2.24, 2.45) is 0 Å². The van der Waals surface area contributed by atoms with Crippen LogP contribution in [0.25, 0.3) is 11.3 Å². The molecule has 4 aromatic rings. The van der Waals surface area contributed by atoms with E-state index in [1.807, 2.05) is 36.4 Å². The number of nitrogens with one attached hydrogen (secondary N) is 2. The Kier molecular flexibility index (Phi) is 5.76. The quantitative estimate of drug-likeness (QED) is 0.468. The molecule has 0 aliphatic heterocycles. The Morgan fingerprint density at radius 2 is 1.52 bits per heavy atom. The molecule has 4 rings (SSSR count). The molecule has 2 N–H and O–H groups in total. The SMILES string of the molecule is Cc1ccccc1CNc1cc(-c2ccccc2)nc(NCc2ccncc2)n1. The molecule has 0 aliphatic rings. The van der Waals surface area contributed by atoms with Crippen LogP contribution in [0.3, 0.4) is 0 Å². The molecular formula is C24H23N5. The molecule has 2 heterocycles. The van der Waals surface area contributed by atoms with E-state index in [1.165, 1.54) is 11.1 Å². The zero-order valence-corrected chi connectivity index (χ0v) is 16.3. The Balaban J connectivity index is 1.58. The van der Waals surface area contributed by atoms with E-state index in [9.17, 15) is 0 Å². The van der Waals surface area contributed by atoms with E-state index in [0.717, 1.165) is 22.6 Å². The van der Waals surface area contributed by atoms with Crippen molar-refractivity contribution in [3.63, 3.8) is 0 Å². The molecule has 144 valence electrons. The standard InChI is InChI=1S/C24H23N5/c1-18-7-5-6-10-21(18)17-26-23-15-22(20-8-3-2-4-9-20)28-24(29-23)27-16-19-11-13-25-14-12-19/h2-15H,16-17H2,1H3,(H2,26,27,28,29). The van der Waals surface area contributed by atoms with Gasteiger partial charge in [-0.05, 0) is 35.7 Å². The average molecular weight is 381 g/mol. The first-order valence-corrected chi connectivity index (χ1v) is 9.63. The predicted molar refractivity (Wildman–Crippen MR) is 118 cm³/mol. The van der Waals surface area contributed by atoms with Crippen molar-refractivity contribution in [3.05, 3.63) is 102 Å². The molecule has 0 radical (unpaired) electrons. The van der Waals surface area contributed by atoms with Gasteiger partial charge in [0.1, 0.15) is 5.82 Å². The van der Waals surface area contributed by atoms with Crippen molar-refractivity contribution >= 4 is 11.8 Å². The molecule has 29 heavy (non-hydrogen) atoms. The lowest BCUT2D eigenvalue weighted by molar-refractivity contribution is 1.03. The van der Waals surface area contributed by atoms with Crippen LogP contribution in [0.5, 0.6) is 0 Å². The van der Waals surface area contributed by atoms with Crippen LogP contribution in [0.4, 0.5) is 11.8 Å². The lowest BCUT2D eigenvalue weighted by atomic mass is 10.1. The smallest absolute Gasteiger partial charge is 0.225 e. The Morgan fingerprint density at radius 3 is 2.31 bits per heavy atom. The first-order chi connectivity index (χ1) is 14.3. The molecule has 0 saturated heterocycles. The van der Waals surface area contributed by atoms with E-state index < -0.39 is 0 Å². The van der Waals surface area contributed by atoms with Gasteiger partial charge in [-0.25, -0.2) is 4.98 Å². The van der Waals surface area contributed by atoms with Crippen LogP contribution in [-0.4, -0.2) is 15.0 Å². The van der Waals surface area contributed by atoms with Gasteiger partial charge in [0.25, 0.3) is 0 Å². The largest absolute Gasteiger partial charge is 0.366 e.